The van der Waals surface area contributed by atoms with E-state index >= 15 is 0 Å². The van der Waals surface area contributed by atoms with Gasteiger partial charge in [-0.15, -0.1) is 0 Å². The molecular weight excluding hydrogens is 411 g/mol. The third kappa shape index (κ3) is 7.94. The molecule has 0 saturated heterocycles. The Morgan fingerprint density at radius 3 is 2.57 bits per heavy atom. The molecule has 0 atom stereocenters. The monoisotopic (exact) mass is 437 g/mol. The van der Waals surface area contributed by atoms with Crippen molar-refractivity contribution in [2.45, 2.75) is 25.7 Å². The molecule has 1 aromatic carbocycles. The van der Waals surface area contributed by atoms with Gasteiger partial charge in [-0.3, -0.25) is 10.1 Å². The fourth-order valence-corrected chi connectivity index (χ4v) is 2.82. The van der Waals surface area contributed by atoms with Gasteiger partial charge in [0.15, 0.2) is 0 Å². The Balaban J connectivity index is 2.21. The number of aliphatic hydroxyl groups excluding tert-OH is 1. The first kappa shape index (κ1) is 20.1. The van der Waals surface area contributed by atoms with Crippen LogP contribution in [0.25, 0.3) is 0 Å². The van der Waals surface area contributed by atoms with Crippen LogP contribution in [0, 0.1) is 13.7 Å². The van der Waals surface area contributed by atoms with E-state index < -0.39 is 0 Å². The lowest BCUT2D eigenvalue weighted by atomic mass is 10.2. The molecule has 0 bridgehead atoms. The number of quaternary nitrogens is 1. The van der Waals surface area contributed by atoms with Crippen LogP contribution in [0.15, 0.2) is 18.2 Å². The zero-order chi connectivity index (χ0) is 17.3. The number of hydrogen-bond acceptors (Lipinski definition) is 4. The number of likely N-dealkylation sites (N-methyl/N-ethyl adjacent to an activating group) is 1. The molecule has 0 radical (unpaired) electrons. The molecule has 1 rings (SSSR count). The molecule has 0 aliphatic heterocycles. The highest BCUT2D eigenvalue weighted by atomic mass is 127. The summed E-state index contributed by atoms with van der Waals surface area (Å²) in [5.74, 6) is 0.554. The van der Waals surface area contributed by atoms with E-state index in [9.17, 15) is 10.1 Å². The topological polar surface area (TPSA) is 72.6 Å². The lowest BCUT2D eigenvalue weighted by Gasteiger charge is -2.28. The third-order valence-electron chi connectivity index (χ3n) is 3.75. The molecule has 1 aromatic rings. The first-order valence-electron chi connectivity index (χ1n) is 7.85. The molecule has 7 heteroatoms. The van der Waals surface area contributed by atoms with E-state index in [1.807, 2.05) is 22.6 Å². The van der Waals surface area contributed by atoms with Crippen molar-refractivity contribution in [2.24, 2.45) is 0 Å². The number of benzene rings is 1. The summed E-state index contributed by atoms with van der Waals surface area (Å²) in [4.78, 5) is 10.5. The first-order valence-corrected chi connectivity index (χ1v) is 8.93. The smallest absolute Gasteiger partial charge is 0.286 e. The van der Waals surface area contributed by atoms with Gasteiger partial charge in [-0.2, -0.15) is 0 Å². The second kappa shape index (κ2) is 10.0. The van der Waals surface area contributed by atoms with Crippen LogP contribution in [-0.4, -0.2) is 54.9 Å². The molecule has 0 heterocycles. The highest BCUT2D eigenvalue weighted by Gasteiger charge is 2.13. The quantitative estimate of drug-likeness (QED) is 0.190. The van der Waals surface area contributed by atoms with Gasteiger partial charge < -0.3 is 14.3 Å². The minimum Gasteiger partial charge on any atom is -0.493 e. The molecular formula is C16H26IN2O4+. The third-order valence-corrected chi connectivity index (χ3v) is 4.66. The van der Waals surface area contributed by atoms with E-state index in [1.165, 1.54) is 6.07 Å². The van der Waals surface area contributed by atoms with Crippen LogP contribution in [0.5, 0.6) is 5.75 Å². The van der Waals surface area contributed by atoms with Gasteiger partial charge in [-0.05, 0) is 60.4 Å². The fraction of sp³-hybridized carbons (Fsp3) is 0.625. The summed E-state index contributed by atoms with van der Waals surface area (Å²) in [6.07, 6.45) is 4.27. The Morgan fingerprint density at radius 1 is 1.22 bits per heavy atom. The van der Waals surface area contributed by atoms with Crippen LogP contribution in [0.1, 0.15) is 25.7 Å². The molecule has 0 aromatic heterocycles. The Hall–Kier alpha value is -0.930. The number of nitro benzene ring substituents is 1. The zero-order valence-electron chi connectivity index (χ0n) is 13.8. The summed E-state index contributed by atoms with van der Waals surface area (Å²) in [7, 11) is 4.26. The standard InChI is InChI=1S/C16H26IN2O4/c1-19(2,10-11-20)9-5-3-4-6-12-23-14-7-8-15(17)16(13-14)18(21)22/h7-8,13,20H,3-6,9-12H2,1-2H3/q+1. The van der Waals surface area contributed by atoms with E-state index in [0.717, 1.165) is 43.3 Å². The van der Waals surface area contributed by atoms with Crippen molar-refractivity contribution >= 4 is 28.3 Å². The summed E-state index contributed by atoms with van der Waals surface area (Å²) in [6, 6.07) is 4.95. The normalized spacial score (nSPS) is 11.5. The lowest BCUT2D eigenvalue weighted by Crippen LogP contribution is -2.42. The van der Waals surface area contributed by atoms with Crippen LogP contribution in [0.4, 0.5) is 5.69 Å². The number of hydrogen-bond donors (Lipinski definition) is 1. The van der Waals surface area contributed by atoms with Crippen molar-refractivity contribution in [1.29, 1.82) is 0 Å². The minimum absolute atomic E-state index is 0.0898. The Kier molecular flexibility index (Phi) is 8.78. The molecule has 0 amide bonds. The Labute approximate surface area is 151 Å². The summed E-state index contributed by atoms with van der Waals surface area (Å²) in [5.41, 5.74) is 0.0898. The second-order valence-electron chi connectivity index (χ2n) is 6.24. The molecule has 0 fully saturated rings. The number of aliphatic hydroxyl groups is 1. The highest BCUT2D eigenvalue weighted by Crippen LogP contribution is 2.26. The van der Waals surface area contributed by atoms with Crippen LogP contribution < -0.4 is 4.74 Å². The lowest BCUT2D eigenvalue weighted by molar-refractivity contribution is -0.890. The van der Waals surface area contributed by atoms with Gasteiger partial charge in [0.2, 0.25) is 0 Å². The molecule has 23 heavy (non-hydrogen) atoms. The molecule has 130 valence electrons. The van der Waals surface area contributed by atoms with Crippen molar-refractivity contribution in [3.63, 3.8) is 0 Å². The number of nitro groups is 1. The number of nitrogens with zero attached hydrogens (tertiary/aromatic N) is 2. The number of rotatable bonds is 11. The summed E-state index contributed by atoms with van der Waals surface area (Å²) in [6.45, 7) is 2.65. The predicted octanol–water partition coefficient (Wildman–Crippen LogP) is 3.21. The Morgan fingerprint density at radius 2 is 1.91 bits per heavy atom. The number of halogens is 1. The van der Waals surface area contributed by atoms with Gasteiger partial charge >= 0.3 is 0 Å². The highest BCUT2D eigenvalue weighted by molar-refractivity contribution is 14.1. The van der Waals surface area contributed by atoms with Crippen LogP contribution in [-0.2, 0) is 0 Å². The SMILES string of the molecule is C[N+](C)(CCO)CCCCCCOc1ccc(I)c([N+](=O)[O-])c1. The molecule has 0 saturated carbocycles. The number of ether oxygens (including phenoxy) is 1. The molecule has 6 nitrogen and oxygen atoms in total. The van der Waals surface area contributed by atoms with E-state index in [2.05, 4.69) is 14.1 Å². The van der Waals surface area contributed by atoms with Gasteiger partial charge in [-0.1, -0.05) is 0 Å². The zero-order valence-corrected chi connectivity index (χ0v) is 16.0. The van der Waals surface area contributed by atoms with Crippen LogP contribution in [0.2, 0.25) is 0 Å². The number of unbranched alkanes of at least 4 members (excludes halogenated alkanes) is 3. The van der Waals surface area contributed by atoms with Gasteiger partial charge in [0.25, 0.3) is 5.69 Å². The van der Waals surface area contributed by atoms with Gasteiger partial charge in [0.1, 0.15) is 12.3 Å². The van der Waals surface area contributed by atoms with Crippen molar-refractivity contribution in [2.75, 3.05) is 40.4 Å². The summed E-state index contributed by atoms with van der Waals surface area (Å²) in [5, 5.41) is 19.9. The molecule has 1 N–H and O–H groups in total. The van der Waals surface area contributed by atoms with Crippen molar-refractivity contribution in [3.05, 3.63) is 31.9 Å². The Bertz CT molecular complexity index is 509. The average Bonchev–Trinajstić information content (AvgIpc) is 2.47. The summed E-state index contributed by atoms with van der Waals surface area (Å²) < 4.78 is 7.05. The molecule has 0 aliphatic rings. The van der Waals surface area contributed by atoms with Crippen molar-refractivity contribution in [1.82, 2.24) is 0 Å². The maximum atomic E-state index is 10.9. The van der Waals surface area contributed by atoms with E-state index in [-0.39, 0.29) is 17.2 Å². The predicted molar refractivity (Wildman–Crippen MR) is 98.7 cm³/mol. The fourth-order valence-electron chi connectivity index (χ4n) is 2.29. The van der Waals surface area contributed by atoms with Gasteiger partial charge in [0.05, 0.1) is 48.4 Å². The molecule has 0 spiro atoms. The van der Waals surface area contributed by atoms with Crippen LogP contribution in [0.3, 0.4) is 0 Å². The van der Waals surface area contributed by atoms with E-state index in [0.29, 0.717) is 15.9 Å². The maximum Gasteiger partial charge on any atom is 0.286 e. The molecule has 0 unspecified atom stereocenters. The average molecular weight is 437 g/mol. The second-order valence-corrected chi connectivity index (χ2v) is 7.40. The van der Waals surface area contributed by atoms with Crippen molar-refractivity contribution < 1.29 is 19.2 Å². The van der Waals surface area contributed by atoms with Crippen LogP contribution >= 0.6 is 22.6 Å². The minimum atomic E-state index is -0.388. The van der Waals surface area contributed by atoms with Crippen molar-refractivity contribution in [3.8, 4) is 5.75 Å². The van der Waals surface area contributed by atoms with Gasteiger partial charge in [0, 0.05) is 0 Å². The summed E-state index contributed by atoms with van der Waals surface area (Å²) >= 11 is 1.95. The maximum absolute atomic E-state index is 10.9. The van der Waals surface area contributed by atoms with E-state index in [4.69, 9.17) is 9.84 Å². The largest absolute Gasteiger partial charge is 0.493 e. The molecule has 0 aliphatic carbocycles. The van der Waals surface area contributed by atoms with Gasteiger partial charge in [-0.25, -0.2) is 0 Å². The first-order chi connectivity index (χ1) is 10.9. The van der Waals surface area contributed by atoms with E-state index in [1.54, 1.807) is 12.1 Å².